The molecule has 6 heteroatoms. The Morgan fingerprint density at radius 1 is 1.14 bits per heavy atom. The molecule has 0 saturated carbocycles. The number of amides is 1. The molecule has 0 atom stereocenters. The van der Waals surface area contributed by atoms with Gasteiger partial charge in [-0.1, -0.05) is 6.07 Å². The first kappa shape index (κ1) is 16.8. The van der Waals surface area contributed by atoms with Gasteiger partial charge in [0.15, 0.2) is 11.5 Å². The highest BCUT2D eigenvalue weighted by Gasteiger charge is 2.05. The summed E-state index contributed by atoms with van der Waals surface area (Å²) in [5.74, 6) is 0.0210. The summed E-state index contributed by atoms with van der Waals surface area (Å²) in [6, 6.07) is 5.58. The van der Waals surface area contributed by atoms with Gasteiger partial charge in [0, 0.05) is 18.9 Å². The van der Waals surface area contributed by atoms with Crippen molar-refractivity contribution in [3.63, 3.8) is 0 Å². The minimum absolute atomic E-state index is 0.0941. The van der Waals surface area contributed by atoms with E-state index >= 15 is 0 Å². The van der Waals surface area contributed by atoms with Gasteiger partial charge in [0.2, 0.25) is 5.91 Å². The lowest BCUT2D eigenvalue weighted by atomic mass is 10.1. The zero-order chi connectivity index (χ0) is 15.7. The van der Waals surface area contributed by atoms with Gasteiger partial charge in [-0.25, -0.2) is 0 Å². The Morgan fingerprint density at radius 3 is 2.48 bits per heavy atom. The van der Waals surface area contributed by atoms with Crippen molar-refractivity contribution < 1.29 is 24.2 Å². The highest BCUT2D eigenvalue weighted by molar-refractivity contribution is 5.76. The lowest BCUT2D eigenvalue weighted by Crippen LogP contribution is -2.26. The number of ether oxygens (including phenoxy) is 2. The van der Waals surface area contributed by atoms with E-state index in [1.165, 1.54) is 0 Å². The van der Waals surface area contributed by atoms with Crippen molar-refractivity contribution in [1.29, 1.82) is 0 Å². The van der Waals surface area contributed by atoms with Crippen LogP contribution in [0.15, 0.2) is 18.2 Å². The lowest BCUT2D eigenvalue weighted by Gasteiger charge is -2.10. The molecule has 1 N–H and O–H groups in total. The van der Waals surface area contributed by atoms with Crippen LogP contribution in [0.3, 0.4) is 0 Å². The second-order valence-corrected chi connectivity index (χ2v) is 4.51. The fraction of sp³-hybridized carbons (Fsp3) is 0.467. The molecule has 0 aliphatic carbocycles. The molecule has 0 aromatic heterocycles. The average molecular weight is 294 g/mol. The molecule has 0 radical (unpaired) electrons. The van der Waals surface area contributed by atoms with Crippen molar-refractivity contribution in [2.75, 3.05) is 20.8 Å². The van der Waals surface area contributed by atoms with E-state index in [1.807, 2.05) is 18.2 Å². The molecule has 0 spiro atoms. The van der Waals surface area contributed by atoms with Crippen LogP contribution in [-0.4, -0.2) is 32.6 Å². The average Bonchev–Trinajstić information content (AvgIpc) is 2.46. The molecular weight excluding hydrogens is 274 g/mol. The molecule has 0 aliphatic rings. The van der Waals surface area contributed by atoms with Crippen molar-refractivity contribution in [3.8, 4) is 11.5 Å². The van der Waals surface area contributed by atoms with Gasteiger partial charge in [-0.15, -0.1) is 0 Å². The van der Waals surface area contributed by atoms with Crippen molar-refractivity contribution >= 4 is 11.9 Å². The number of hydrogen-bond donors (Lipinski definition) is 1. The fourth-order valence-electron chi connectivity index (χ4n) is 1.86. The summed E-state index contributed by atoms with van der Waals surface area (Å²) in [4.78, 5) is 21.7. The topological polar surface area (TPSA) is 87.7 Å². The fourth-order valence-corrected chi connectivity index (χ4v) is 1.86. The summed E-state index contributed by atoms with van der Waals surface area (Å²) in [6.45, 7) is 0.486. The van der Waals surface area contributed by atoms with E-state index in [4.69, 9.17) is 9.47 Å². The Balaban J connectivity index is 2.35. The third-order valence-corrected chi connectivity index (χ3v) is 2.97. The SMILES string of the molecule is COc1ccc(CCNC(=O)CCCC(=O)[O-])cc1OC. The van der Waals surface area contributed by atoms with Crippen LogP contribution in [0.25, 0.3) is 0 Å². The number of aliphatic carboxylic acids is 1. The third-order valence-electron chi connectivity index (χ3n) is 2.97. The van der Waals surface area contributed by atoms with E-state index in [9.17, 15) is 14.7 Å². The maximum atomic E-state index is 11.5. The Bertz CT molecular complexity index is 487. The number of hydrogen-bond acceptors (Lipinski definition) is 5. The molecule has 0 fully saturated rings. The van der Waals surface area contributed by atoms with Crippen LogP contribution >= 0.6 is 0 Å². The molecular formula is C15H20NO5-. The highest BCUT2D eigenvalue weighted by atomic mass is 16.5. The second-order valence-electron chi connectivity index (χ2n) is 4.51. The molecule has 1 rings (SSSR count). The Kier molecular flexibility index (Phi) is 7.08. The van der Waals surface area contributed by atoms with E-state index in [0.717, 1.165) is 5.56 Å². The van der Waals surface area contributed by atoms with Crippen LogP contribution in [0, 0.1) is 0 Å². The van der Waals surface area contributed by atoms with Gasteiger partial charge in [-0.2, -0.15) is 0 Å². The molecule has 21 heavy (non-hydrogen) atoms. The van der Waals surface area contributed by atoms with Crippen LogP contribution in [-0.2, 0) is 16.0 Å². The number of carbonyl (C=O) groups is 2. The molecule has 6 nitrogen and oxygen atoms in total. The van der Waals surface area contributed by atoms with Crippen LogP contribution in [0.4, 0.5) is 0 Å². The molecule has 1 amide bonds. The minimum Gasteiger partial charge on any atom is -0.550 e. The number of carboxylic acid groups (broad SMARTS) is 1. The summed E-state index contributed by atoms with van der Waals surface area (Å²) < 4.78 is 10.4. The Hall–Kier alpha value is -2.24. The largest absolute Gasteiger partial charge is 0.550 e. The van der Waals surface area contributed by atoms with E-state index in [2.05, 4.69) is 5.32 Å². The number of carbonyl (C=O) groups excluding carboxylic acids is 2. The molecule has 116 valence electrons. The number of carboxylic acids is 1. The quantitative estimate of drug-likeness (QED) is 0.707. The maximum absolute atomic E-state index is 11.5. The molecule has 1 aromatic carbocycles. The summed E-state index contributed by atoms with van der Waals surface area (Å²) in [6.07, 6.45) is 1.06. The second kappa shape index (κ2) is 8.84. The van der Waals surface area contributed by atoms with Crippen LogP contribution in [0.1, 0.15) is 24.8 Å². The normalized spacial score (nSPS) is 10.0. The molecule has 1 aromatic rings. The Morgan fingerprint density at radius 2 is 1.86 bits per heavy atom. The van der Waals surface area contributed by atoms with Crippen molar-refractivity contribution in [2.45, 2.75) is 25.7 Å². The molecule has 0 bridgehead atoms. The minimum atomic E-state index is -1.13. The summed E-state index contributed by atoms with van der Waals surface area (Å²) >= 11 is 0. The maximum Gasteiger partial charge on any atom is 0.220 e. The van der Waals surface area contributed by atoms with Gasteiger partial charge in [-0.05, 0) is 37.0 Å². The van der Waals surface area contributed by atoms with E-state index in [-0.39, 0.29) is 18.7 Å². The van der Waals surface area contributed by atoms with E-state index < -0.39 is 5.97 Å². The standard InChI is InChI=1S/C15H21NO5/c1-20-12-7-6-11(10-13(12)21-2)8-9-16-14(17)4-3-5-15(18)19/h6-7,10H,3-5,8-9H2,1-2H3,(H,16,17)(H,18,19)/p-1. The lowest BCUT2D eigenvalue weighted by molar-refractivity contribution is -0.305. The predicted molar refractivity (Wildman–Crippen MR) is 75.1 cm³/mol. The molecule has 0 heterocycles. The van der Waals surface area contributed by atoms with E-state index in [1.54, 1.807) is 14.2 Å². The summed E-state index contributed by atoms with van der Waals surface area (Å²) in [5.41, 5.74) is 1.02. The predicted octanol–water partition coefficient (Wildman–Crippen LogP) is 0.283. The summed E-state index contributed by atoms with van der Waals surface area (Å²) in [5, 5.41) is 13.0. The Labute approximate surface area is 124 Å². The van der Waals surface area contributed by atoms with Gasteiger partial charge in [0.05, 0.1) is 14.2 Å². The highest BCUT2D eigenvalue weighted by Crippen LogP contribution is 2.27. The van der Waals surface area contributed by atoms with Gasteiger partial charge < -0.3 is 24.7 Å². The number of benzene rings is 1. The van der Waals surface area contributed by atoms with Gasteiger partial charge >= 0.3 is 0 Å². The molecule has 0 saturated heterocycles. The van der Waals surface area contributed by atoms with Gasteiger partial charge in [-0.3, -0.25) is 4.79 Å². The third kappa shape index (κ3) is 6.16. The van der Waals surface area contributed by atoms with Crippen molar-refractivity contribution in [3.05, 3.63) is 23.8 Å². The van der Waals surface area contributed by atoms with Crippen molar-refractivity contribution in [2.24, 2.45) is 0 Å². The smallest absolute Gasteiger partial charge is 0.220 e. The first-order valence-electron chi connectivity index (χ1n) is 6.74. The summed E-state index contributed by atoms with van der Waals surface area (Å²) in [7, 11) is 3.14. The van der Waals surface area contributed by atoms with Crippen molar-refractivity contribution in [1.82, 2.24) is 5.32 Å². The van der Waals surface area contributed by atoms with Crippen LogP contribution in [0.2, 0.25) is 0 Å². The van der Waals surface area contributed by atoms with E-state index in [0.29, 0.717) is 30.9 Å². The first-order chi connectivity index (χ1) is 10.1. The van der Waals surface area contributed by atoms with Gasteiger partial charge in [0.25, 0.3) is 0 Å². The van der Waals surface area contributed by atoms with Crippen LogP contribution in [0.5, 0.6) is 11.5 Å². The number of nitrogens with one attached hydrogen (secondary N) is 1. The number of methoxy groups -OCH3 is 2. The zero-order valence-electron chi connectivity index (χ0n) is 12.3. The zero-order valence-corrected chi connectivity index (χ0v) is 12.3. The molecule has 0 unspecified atom stereocenters. The van der Waals surface area contributed by atoms with Crippen LogP contribution < -0.4 is 19.9 Å². The van der Waals surface area contributed by atoms with Gasteiger partial charge in [0.1, 0.15) is 0 Å². The first-order valence-corrected chi connectivity index (χ1v) is 6.74. The number of rotatable bonds is 9. The molecule has 0 aliphatic heterocycles. The monoisotopic (exact) mass is 294 g/mol.